The normalized spacial score (nSPS) is 15.3. The van der Waals surface area contributed by atoms with E-state index < -0.39 is 95.9 Å². The number of alkyl halides is 19. The minimum atomic E-state index is -8.74. The Balaban J connectivity index is 3.43. The quantitative estimate of drug-likeness (QED) is 0.0293. The molecule has 1 N–H and O–H groups in total. The molecule has 0 spiro atoms. The van der Waals surface area contributed by atoms with Crippen molar-refractivity contribution in [2.24, 2.45) is 5.92 Å². The summed E-state index contributed by atoms with van der Waals surface area (Å²) in [5.74, 6) is -61.3. The molecule has 0 aromatic rings. The van der Waals surface area contributed by atoms with E-state index in [9.17, 15) is 75.4 Å². The van der Waals surface area contributed by atoms with Crippen molar-refractivity contribution in [1.29, 1.82) is 0 Å². The first-order valence-electron chi connectivity index (χ1n) is 22.9. The van der Waals surface area contributed by atoms with Crippen molar-refractivity contribution in [2.75, 3.05) is 23.9 Å². The number of esters is 2. The maximum absolute atomic E-state index is 15.1. The van der Waals surface area contributed by atoms with Gasteiger partial charge in [-0.15, -0.1) is 0 Å². The highest BCUT2D eigenvalue weighted by atomic mass is 79.9. The van der Waals surface area contributed by atoms with Crippen LogP contribution in [0.2, 0.25) is 0 Å². The second kappa shape index (κ2) is 28.3. The minimum Gasteiger partial charge on any atom is -0.462 e. The summed E-state index contributed by atoms with van der Waals surface area (Å²) in [5.41, 5.74) is -1.07. The Hall–Kier alpha value is -2.01. The van der Waals surface area contributed by atoms with Gasteiger partial charge in [-0.05, 0) is 25.7 Å². The van der Waals surface area contributed by atoms with E-state index in [1.54, 1.807) is 0 Å². The molecule has 0 aromatic carbocycles. The number of nitrogens with one attached hydrogen (secondary N) is 1. The zero-order valence-corrected chi connectivity index (χ0v) is 41.2. The molecule has 0 bridgehead atoms. The molecule has 0 aromatic heterocycles. The van der Waals surface area contributed by atoms with E-state index in [0.29, 0.717) is 25.7 Å². The lowest BCUT2D eigenvalue weighted by Gasteiger charge is -2.42. The zero-order valence-electron chi connectivity index (χ0n) is 38.0. The van der Waals surface area contributed by atoms with Gasteiger partial charge in [-0.3, -0.25) is 0 Å². The van der Waals surface area contributed by atoms with E-state index in [-0.39, 0.29) is 35.3 Å². The van der Waals surface area contributed by atoms with Crippen LogP contribution in [0, 0.1) is 5.92 Å². The van der Waals surface area contributed by atoms with Gasteiger partial charge < -0.3 is 14.8 Å². The Bertz CT molecular complexity index is 1550. The SMILES string of the molecule is CCCCCCCCCCCCOC(=O)C1=C(CBr)NC(CBr)=C(C(=O)OCCCCCCCCCCCC)C1CCCC(F)(F)C(F)(F)C(F)(F)C(F)(F)C(F)(F)C(F)(F)C(F)(F)C(F)(F)F. The molecule has 0 amide bonds. The number of hydrogen-bond donors (Lipinski definition) is 1. The first kappa shape index (κ1) is 64.0. The Morgan fingerprint density at radius 2 is 0.735 bits per heavy atom. The second-order valence-corrected chi connectivity index (χ2v) is 18.0. The van der Waals surface area contributed by atoms with Gasteiger partial charge >= 0.3 is 59.6 Å². The summed E-state index contributed by atoms with van der Waals surface area (Å²) in [5, 5.41) is 2.31. The average molecular weight is 1150 g/mol. The Labute approximate surface area is 403 Å². The number of carbonyl (C=O) groups is 2. The molecule has 0 atom stereocenters. The number of unbranched alkanes of at least 4 members (excludes halogenated alkanes) is 18. The third-order valence-corrected chi connectivity index (χ3v) is 12.7. The van der Waals surface area contributed by atoms with Gasteiger partial charge in [-0.25, -0.2) is 9.59 Å². The molecule has 24 heteroatoms. The number of hydrogen-bond acceptors (Lipinski definition) is 5. The van der Waals surface area contributed by atoms with Crippen LogP contribution in [0.4, 0.5) is 74.6 Å². The number of carbonyl (C=O) groups excluding carboxylic acids is 2. The number of allylic oxidation sites excluding steroid dienone is 2. The van der Waals surface area contributed by atoms with Crippen LogP contribution in [0.25, 0.3) is 0 Å². The first-order valence-corrected chi connectivity index (χ1v) is 25.1. The molecule has 5 nitrogen and oxygen atoms in total. The van der Waals surface area contributed by atoms with Crippen LogP contribution in [0.1, 0.15) is 162 Å². The minimum absolute atomic E-state index is 0.0640. The molecule has 0 saturated carbocycles. The highest BCUT2D eigenvalue weighted by Gasteiger charge is 2.95. The Kier molecular flexibility index (Phi) is 26.6. The van der Waals surface area contributed by atoms with E-state index in [1.807, 2.05) is 0 Å². The summed E-state index contributed by atoms with van der Waals surface area (Å²) in [7, 11) is 0. The van der Waals surface area contributed by atoms with E-state index in [1.165, 1.54) is 0 Å². The number of rotatable bonds is 36. The van der Waals surface area contributed by atoms with Crippen molar-refractivity contribution in [2.45, 2.75) is 209 Å². The zero-order chi connectivity index (χ0) is 52.3. The maximum atomic E-state index is 15.1. The van der Waals surface area contributed by atoms with Crippen molar-refractivity contribution >= 4 is 43.8 Å². The predicted octanol–water partition coefficient (Wildman–Crippen LogP) is 16.6. The molecule has 0 saturated heterocycles. The van der Waals surface area contributed by atoms with Crippen LogP contribution >= 0.6 is 31.9 Å². The molecule has 1 aliphatic heterocycles. The monoisotopic (exact) mass is 1150 g/mol. The summed E-state index contributed by atoms with van der Waals surface area (Å²) >= 11 is 6.26. The predicted molar refractivity (Wildman–Crippen MR) is 228 cm³/mol. The highest BCUT2D eigenvalue weighted by Crippen LogP contribution is 2.64. The summed E-state index contributed by atoms with van der Waals surface area (Å²) in [4.78, 5) is 27.4. The molecule has 400 valence electrons. The van der Waals surface area contributed by atoms with Gasteiger partial charge in [0.1, 0.15) is 0 Å². The van der Waals surface area contributed by atoms with Crippen molar-refractivity contribution in [1.82, 2.24) is 5.32 Å². The fourth-order valence-electron chi connectivity index (χ4n) is 7.46. The molecule has 1 rings (SSSR count). The van der Waals surface area contributed by atoms with Crippen LogP contribution in [-0.4, -0.2) is 83.4 Å². The molecule has 1 heterocycles. The third kappa shape index (κ3) is 16.0. The largest absolute Gasteiger partial charge is 0.462 e. The summed E-state index contributed by atoms with van der Waals surface area (Å²) in [6.07, 6.45) is 4.96. The fourth-order valence-corrected chi connectivity index (χ4v) is 8.34. The molecule has 0 unspecified atom stereocenters. The van der Waals surface area contributed by atoms with Crippen LogP contribution in [-0.2, 0) is 19.1 Å². The van der Waals surface area contributed by atoms with Crippen molar-refractivity contribution < 1.29 is 93.7 Å². The molecule has 0 fully saturated rings. The fraction of sp³-hybridized carbons (Fsp3) is 0.864. The third-order valence-electron chi connectivity index (χ3n) is 11.6. The van der Waals surface area contributed by atoms with Crippen molar-refractivity contribution in [3.05, 3.63) is 22.5 Å². The smallest absolute Gasteiger partial charge is 0.460 e. The van der Waals surface area contributed by atoms with Crippen LogP contribution in [0.5, 0.6) is 0 Å². The molecule has 68 heavy (non-hydrogen) atoms. The average Bonchev–Trinajstić information content (AvgIpc) is 3.25. The Morgan fingerprint density at radius 3 is 1.04 bits per heavy atom. The maximum Gasteiger partial charge on any atom is 0.460 e. The van der Waals surface area contributed by atoms with Crippen LogP contribution < -0.4 is 5.32 Å². The Morgan fingerprint density at radius 1 is 0.441 bits per heavy atom. The summed E-state index contributed by atoms with van der Waals surface area (Å²) in [6, 6.07) is 0. The lowest BCUT2D eigenvalue weighted by atomic mass is 9.81. The first-order chi connectivity index (χ1) is 31.4. The summed E-state index contributed by atoms with van der Waals surface area (Å²) in [6.45, 7) is 3.77. The highest BCUT2D eigenvalue weighted by molar-refractivity contribution is 9.09. The summed E-state index contributed by atoms with van der Waals surface area (Å²) < 4.78 is 249. The molecular formula is C44H62Br2F17NO4. The number of halogens is 19. The topological polar surface area (TPSA) is 64.6 Å². The van der Waals surface area contributed by atoms with Gasteiger partial charge in [0.15, 0.2) is 0 Å². The van der Waals surface area contributed by atoms with Gasteiger partial charge in [0, 0.05) is 34.4 Å². The van der Waals surface area contributed by atoms with E-state index >= 15 is 8.78 Å². The molecule has 1 aliphatic rings. The van der Waals surface area contributed by atoms with Crippen molar-refractivity contribution in [3.63, 3.8) is 0 Å². The standard InChI is InChI=1S/C44H62Br2F17NO4/c1-3-5-7-9-11-13-15-17-19-21-26-67-35(65)33-30(34(32(29-46)64-31(33)28-45)36(66)68-27-22-20-18-16-14-12-10-8-6-4-2)24-23-25-37(47,48)38(49,50)39(51,52)40(53,54)41(55,56)42(57,58)43(59,60)44(61,62)63/h30,64H,3-29H2,1-2H3. The lowest BCUT2D eigenvalue weighted by molar-refractivity contribution is -0.461. The van der Waals surface area contributed by atoms with Gasteiger partial charge in [-0.2, -0.15) is 74.6 Å². The van der Waals surface area contributed by atoms with Gasteiger partial charge in [-0.1, -0.05) is 161 Å². The van der Waals surface area contributed by atoms with E-state index in [2.05, 4.69) is 51.0 Å². The van der Waals surface area contributed by atoms with Gasteiger partial charge in [0.2, 0.25) is 0 Å². The second-order valence-electron chi connectivity index (χ2n) is 16.9. The van der Waals surface area contributed by atoms with Crippen molar-refractivity contribution in [3.8, 4) is 0 Å². The van der Waals surface area contributed by atoms with Crippen LogP contribution in [0.15, 0.2) is 22.5 Å². The van der Waals surface area contributed by atoms with Gasteiger partial charge in [0.05, 0.1) is 24.4 Å². The van der Waals surface area contributed by atoms with E-state index in [4.69, 9.17) is 9.47 Å². The lowest BCUT2D eigenvalue weighted by Crippen LogP contribution is -2.74. The van der Waals surface area contributed by atoms with Gasteiger partial charge in [0.25, 0.3) is 0 Å². The van der Waals surface area contributed by atoms with Crippen LogP contribution in [0.3, 0.4) is 0 Å². The molecule has 0 radical (unpaired) electrons. The molecular weight excluding hydrogens is 1090 g/mol. The number of ether oxygens (including phenoxy) is 2. The molecule has 0 aliphatic carbocycles. The number of dihydropyridines is 1. The van der Waals surface area contributed by atoms with E-state index in [0.717, 1.165) is 103 Å².